The summed E-state index contributed by atoms with van der Waals surface area (Å²) in [5.74, 6) is 0.514. The van der Waals surface area contributed by atoms with E-state index in [2.05, 4.69) is 20.5 Å². The molecule has 0 bridgehead atoms. The molecule has 2 saturated carbocycles. The van der Waals surface area contributed by atoms with Crippen LogP contribution in [0.15, 0.2) is 18.3 Å². The molecule has 2 amide bonds. The fourth-order valence-electron chi connectivity index (χ4n) is 7.91. The van der Waals surface area contributed by atoms with Crippen LogP contribution >= 0.6 is 0 Å². The number of anilines is 4. The first-order chi connectivity index (χ1) is 23.5. The largest absolute Gasteiger partial charge is 0.491 e. The average Bonchev–Trinajstić information content (AvgIpc) is 3.77. The van der Waals surface area contributed by atoms with E-state index in [0.717, 1.165) is 37.1 Å². The van der Waals surface area contributed by atoms with E-state index < -0.39 is 30.2 Å². The highest BCUT2D eigenvalue weighted by molar-refractivity contribution is 6.04. The number of hydrogen-bond donors (Lipinski definition) is 2. The van der Waals surface area contributed by atoms with E-state index in [0.29, 0.717) is 54.5 Å². The second kappa shape index (κ2) is 14.2. The zero-order valence-electron chi connectivity index (χ0n) is 29.2. The number of ether oxygens (including phenoxy) is 3. The first-order valence-corrected chi connectivity index (χ1v) is 17.3. The lowest BCUT2D eigenvalue weighted by Crippen LogP contribution is -2.58. The van der Waals surface area contributed by atoms with Crippen LogP contribution in [-0.2, 0) is 30.3 Å². The Kier molecular flexibility index (Phi) is 9.96. The van der Waals surface area contributed by atoms with Crippen molar-refractivity contribution < 1.29 is 33.4 Å². The Labute approximate surface area is 286 Å². The molecule has 0 unspecified atom stereocenters. The Bertz CT molecular complexity index is 1610. The molecule has 3 heterocycles. The SMILES string of the molecule is CC[C@@H]1C(=O)N(C)c2cnc(Nc3ccc(C(=O)N[C@H]4C[C@@H](OC(C)=O)[C@H](N(C)C)C[C@H]4OC(C)=O)c4c3OCC4)nc2N1C1CCCC1. The van der Waals surface area contributed by atoms with Crippen LogP contribution in [-0.4, -0.2) is 103 Å². The van der Waals surface area contributed by atoms with Crippen LogP contribution in [0.3, 0.4) is 0 Å². The lowest BCUT2D eigenvalue weighted by atomic mass is 9.85. The fraction of sp³-hybridized carbons (Fsp3) is 0.600. The lowest BCUT2D eigenvalue weighted by Gasteiger charge is -2.43. The van der Waals surface area contributed by atoms with Gasteiger partial charge in [-0.2, -0.15) is 4.98 Å². The molecule has 1 aromatic carbocycles. The number of fused-ring (bicyclic) bond motifs is 2. The Hall–Kier alpha value is -4.46. The minimum Gasteiger partial charge on any atom is -0.491 e. The van der Waals surface area contributed by atoms with Crippen LogP contribution in [0.1, 0.15) is 81.6 Å². The number of esters is 2. The first-order valence-electron chi connectivity index (χ1n) is 17.3. The van der Waals surface area contributed by atoms with E-state index >= 15 is 0 Å². The number of carbonyl (C=O) groups excluding carboxylic acids is 4. The molecule has 2 fully saturated rings. The number of nitrogens with one attached hydrogen (secondary N) is 2. The van der Waals surface area contributed by atoms with E-state index in [1.165, 1.54) is 13.8 Å². The summed E-state index contributed by atoms with van der Waals surface area (Å²) in [6.07, 6.45) is 6.79. The van der Waals surface area contributed by atoms with Gasteiger partial charge in [-0.05, 0) is 45.5 Å². The van der Waals surface area contributed by atoms with Gasteiger partial charge in [-0.3, -0.25) is 19.2 Å². The molecule has 2 aromatic rings. The van der Waals surface area contributed by atoms with Crippen LogP contribution in [0.5, 0.6) is 5.75 Å². The molecule has 264 valence electrons. The van der Waals surface area contributed by atoms with Crippen molar-refractivity contribution >= 4 is 46.9 Å². The number of nitrogens with zero attached hydrogens (tertiary/aromatic N) is 5. The van der Waals surface area contributed by atoms with E-state index in [4.69, 9.17) is 19.2 Å². The first kappa shape index (κ1) is 34.4. The number of rotatable bonds is 9. The molecule has 5 atom stereocenters. The second-order valence-corrected chi connectivity index (χ2v) is 13.6. The highest BCUT2D eigenvalue weighted by Gasteiger charge is 2.43. The maximum Gasteiger partial charge on any atom is 0.302 e. The molecular formula is C35H47N7O7. The van der Waals surface area contributed by atoms with Gasteiger partial charge in [0.2, 0.25) is 11.9 Å². The quantitative estimate of drug-likeness (QED) is 0.374. The van der Waals surface area contributed by atoms with Gasteiger partial charge in [0, 0.05) is 63.4 Å². The highest BCUT2D eigenvalue weighted by Crippen LogP contribution is 2.42. The zero-order valence-corrected chi connectivity index (χ0v) is 29.2. The van der Waals surface area contributed by atoms with Gasteiger partial charge in [0.1, 0.15) is 29.7 Å². The van der Waals surface area contributed by atoms with Crippen molar-refractivity contribution in [3.05, 3.63) is 29.5 Å². The van der Waals surface area contributed by atoms with Crippen molar-refractivity contribution in [3.63, 3.8) is 0 Å². The van der Waals surface area contributed by atoms with E-state index in [9.17, 15) is 19.2 Å². The number of hydrogen-bond acceptors (Lipinski definition) is 12. The maximum atomic E-state index is 13.8. The normalized spacial score (nSPS) is 25.0. The predicted octanol–water partition coefficient (Wildman–Crippen LogP) is 3.34. The Balaban J connectivity index is 1.25. The van der Waals surface area contributed by atoms with Gasteiger partial charge in [0.15, 0.2) is 5.82 Å². The molecule has 0 radical (unpaired) electrons. The molecule has 2 aliphatic carbocycles. The molecule has 14 heteroatoms. The van der Waals surface area contributed by atoms with Crippen LogP contribution in [0.4, 0.5) is 23.1 Å². The van der Waals surface area contributed by atoms with Crippen molar-refractivity contribution in [1.82, 2.24) is 20.2 Å². The van der Waals surface area contributed by atoms with Crippen molar-refractivity contribution in [2.45, 2.75) is 109 Å². The third-order valence-corrected chi connectivity index (χ3v) is 10.2. The molecule has 6 rings (SSSR count). The van der Waals surface area contributed by atoms with E-state index in [1.807, 2.05) is 25.9 Å². The number of likely N-dealkylation sites (N-methyl/N-ethyl adjacent to an activating group) is 2. The molecule has 0 spiro atoms. The standard InChI is InChI=1S/C35H47N7O7/c1-7-26-34(46)41(6)28-18-36-35(39-32(28)42(26)21-10-8-9-11-21)38-24-13-12-23(22-14-15-47-31(22)24)33(45)37-25-16-30(49-20(3)44)27(40(4)5)17-29(25)48-19(2)43/h12-13,18,21,25-27,29-30H,7-11,14-17H2,1-6H3,(H,37,45)(H,36,38,39)/t25-,26+,27+,29+,30+/m0/s1. The molecule has 2 N–H and O–H groups in total. The van der Waals surface area contributed by atoms with Crippen molar-refractivity contribution in [1.29, 1.82) is 0 Å². The summed E-state index contributed by atoms with van der Waals surface area (Å²) < 4.78 is 17.3. The third-order valence-electron chi connectivity index (χ3n) is 10.2. The average molecular weight is 678 g/mol. The predicted molar refractivity (Wildman–Crippen MR) is 182 cm³/mol. The Morgan fingerprint density at radius 2 is 1.78 bits per heavy atom. The van der Waals surface area contributed by atoms with Gasteiger partial charge < -0.3 is 39.5 Å². The van der Waals surface area contributed by atoms with Gasteiger partial charge >= 0.3 is 11.9 Å². The molecule has 14 nitrogen and oxygen atoms in total. The van der Waals surface area contributed by atoms with Crippen LogP contribution in [0, 0.1) is 0 Å². The summed E-state index contributed by atoms with van der Waals surface area (Å²) in [7, 11) is 5.54. The molecule has 49 heavy (non-hydrogen) atoms. The van der Waals surface area contributed by atoms with E-state index in [-0.39, 0.29) is 36.4 Å². The van der Waals surface area contributed by atoms with Crippen molar-refractivity contribution in [3.8, 4) is 5.75 Å². The summed E-state index contributed by atoms with van der Waals surface area (Å²) >= 11 is 0. The van der Waals surface area contributed by atoms with Crippen molar-refractivity contribution in [2.75, 3.05) is 42.9 Å². The fourth-order valence-corrected chi connectivity index (χ4v) is 7.91. The lowest BCUT2D eigenvalue weighted by molar-refractivity contribution is -0.162. The summed E-state index contributed by atoms with van der Waals surface area (Å²) in [5, 5.41) is 6.39. The summed E-state index contributed by atoms with van der Waals surface area (Å²) in [6.45, 7) is 5.14. The number of benzene rings is 1. The molecule has 4 aliphatic rings. The second-order valence-electron chi connectivity index (χ2n) is 13.6. The molecule has 0 saturated heterocycles. The minimum atomic E-state index is -0.600. The molecule has 1 aromatic heterocycles. The van der Waals surface area contributed by atoms with Gasteiger partial charge in [0.25, 0.3) is 5.91 Å². The van der Waals surface area contributed by atoms with Gasteiger partial charge in [-0.25, -0.2) is 4.98 Å². The maximum absolute atomic E-state index is 13.8. The number of aromatic nitrogens is 2. The Morgan fingerprint density at radius 3 is 2.45 bits per heavy atom. The van der Waals surface area contributed by atoms with Crippen molar-refractivity contribution in [2.24, 2.45) is 0 Å². The van der Waals surface area contributed by atoms with Gasteiger partial charge in [0.05, 0.1) is 24.5 Å². The van der Waals surface area contributed by atoms with Crippen LogP contribution in [0.2, 0.25) is 0 Å². The smallest absolute Gasteiger partial charge is 0.302 e. The summed E-state index contributed by atoms with van der Waals surface area (Å²) in [4.78, 5) is 66.4. The summed E-state index contributed by atoms with van der Waals surface area (Å²) in [5.41, 5.74) is 2.50. The van der Waals surface area contributed by atoms with Crippen LogP contribution in [0.25, 0.3) is 0 Å². The summed E-state index contributed by atoms with van der Waals surface area (Å²) in [6, 6.07) is 2.72. The molecule has 2 aliphatic heterocycles. The van der Waals surface area contributed by atoms with E-state index in [1.54, 1.807) is 30.3 Å². The topological polar surface area (TPSA) is 156 Å². The number of amides is 2. The third kappa shape index (κ3) is 6.87. The highest BCUT2D eigenvalue weighted by atomic mass is 16.6. The Morgan fingerprint density at radius 1 is 1.06 bits per heavy atom. The monoisotopic (exact) mass is 677 g/mol. The minimum absolute atomic E-state index is 0.0538. The molecular weight excluding hydrogens is 630 g/mol. The van der Waals surface area contributed by atoms with Gasteiger partial charge in [-0.15, -0.1) is 0 Å². The van der Waals surface area contributed by atoms with Gasteiger partial charge in [-0.1, -0.05) is 19.8 Å². The zero-order chi connectivity index (χ0) is 35.0. The number of carbonyl (C=O) groups is 4. The van der Waals surface area contributed by atoms with Crippen LogP contribution < -0.4 is 25.2 Å².